The SMILES string of the molecule is CN=C(C)C(=C(C)C)/C(C)=C\c1oc2ccccc2c1C. The van der Waals surface area contributed by atoms with E-state index in [2.05, 4.69) is 44.8 Å². The standard InChI is InChI=1S/C19H23NO/c1-12(2)19(15(5)20-6)13(3)11-18-14(4)16-9-7-8-10-17(16)21-18/h7-11H,1-6H3/b13-11-,20-15?. The van der Waals surface area contributed by atoms with Crippen LogP contribution in [0.15, 0.2) is 50.4 Å². The number of para-hydroxylation sites is 1. The van der Waals surface area contributed by atoms with Crippen LogP contribution < -0.4 is 0 Å². The first-order valence-electron chi connectivity index (χ1n) is 7.23. The molecule has 1 heterocycles. The summed E-state index contributed by atoms with van der Waals surface area (Å²) in [6, 6.07) is 8.15. The van der Waals surface area contributed by atoms with Gasteiger partial charge >= 0.3 is 0 Å². The maximum absolute atomic E-state index is 5.97. The number of aliphatic imine (C=N–C) groups is 1. The number of fused-ring (bicyclic) bond motifs is 1. The van der Waals surface area contributed by atoms with Gasteiger partial charge in [-0.25, -0.2) is 0 Å². The van der Waals surface area contributed by atoms with E-state index in [-0.39, 0.29) is 0 Å². The molecule has 0 aliphatic heterocycles. The quantitative estimate of drug-likeness (QED) is 0.533. The molecule has 2 rings (SSSR count). The van der Waals surface area contributed by atoms with Gasteiger partial charge in [0.25, 0.3) is 0 Å². The van der Waals surface area contributed by atoms with Gasteiger partial charge in [0, 0.05) is 23.7 Å². The second kappa shape index (κ2) is 6.13. The summed E-state index contributed by atoms with van der Waals surface area (Å²) >= 11 is 0. The van der Waals surface area contributed by atoms with Crippen molar-refractivity contribution in [1.82, 2.24) is 0 Å². The van der Waals surface area contributed by atoms with Gasteiger partial charge in [-0.05, 0) is 57.9 Å². The summed E-state index contributed by atoms with van der Waals surface area (Å²) < 4.78 is 5.97. The van der Waals surface area contributed by atoms with Crippen LogP contribution in [-0.4, -0.2) is 12.8 Å². The van der Waals surface area contributed by atoms with Crippen molar-refractivity contribution in [2.45, 2.75) is 34.6 Å². The van der Waals surface area contributed by atoms with Gasteiger partial charge in [-0.1, -0.05) is 23.8 Å². The normalized spacial score (nSPS) is 12.9. The zero-order chi connectivity index (χ0) is 15.6. The summed E-state index contributed by atoms with van der Waals surface area (Å²) in [6.07, 6.45) is 2.12. The summed E-state index contributed by atoms with van der Waals surface area (Å²) in [7, 11) is 1.83. The Morgan fingerprint density at radius 3 is 2.33 bits per heavy atom. The van der Waals surface area contributed by atoms with E-state index in [0.717, 1.165) is 17.1 Å². The number of benzene rings is 1. The molecule has 0 saturated carbocycles. The molecule has 2 heteroatoms. The lowest BCUT2D eigenvalue weighted by Crippen LogP contribution is -2.01. The van der Waals surface area contributed by atoms with E-state index in [1.807, 2.05) is 32.2 Å². The molecular formula is C19H23NO. The van der Waals surface area contributed by atoms with E-state index < -0.39 is 0 Å². The van der Waals surface area contributed by atoms with Gasteiger partial charge in [-0.3, -0.25) is 4.99 Å². The predicted molar refractivity (Wildman–Crippen MR) is 92.0 cm³/mol. The van der Waals surface area contributed by atoms with E-state index in [4.69, 9.17) is 4.42 Å². The highest BCUT2D eigenvalue weighted by Crippen LogP contribution is 2.28. The largest absolute Gasteiger partial charge is 0.456 e. The molecule has 1 aromatic heterocycles. The topological polar surface area (TPSA) is 25.5 Å². The summed E-state index contributed by atoms with van der Waals surface area (Å²) in [4.78, 5) is 4.33. The zero-order valence-corrected chi connectivity index (χ0v) is 13.7. The third-order valence-corrected chi connectivity index (χ3v) is 3.82. The van der Waals surface area contributed by atoms with Crippen molar-refractivity contribution in [2.24, 2.45) is 4.99 Å². The second-order valence-corrected chi connectivity index (χ2v) is 5.60. The molecule has 0 amide bonds. The Labute approximate surface area is 126 Å². The fourth-order valence-electron chi connectivity index (χ4n) is 2.75. The van der Waals surface area contributed by atoms with Crippen LogP contribution in [0.2, 0.25) is 0 Å². The average molecular weight is 281 g/mol. The molecule has 0 saturated heterocycles. The van der Waals surface area contributed by atoms with E-state index in [1.165, 1.54) is 27.7 Å². The maximum Gasteiger partial charge on any atom is 0.135 e. The molecule has 0 unspecified atom stereocenters. The number of hydrogen-bond donors (Lipinski definition) is 0. The molecule has 2 nitrogen and oxygen atoms in total. The fraction of sp³-hybridized carbons (Fsp3) is 0.316. The van der Waals surface area contributed by atoms with Crippen molar-refractivity contribution < 1.29 is 4.42 Å². The van der Waals surface area contributed by atoms with Crippen molar-refractivity contribution in [3.05, 3.63) is 52.3 Å². The molecular weight excluding hydrogens is 258 g/mol. The van der Waals surface area contributed by atoms with Gasteiger partial charge < -0.3 is 4.42 Å². The van der Waals surface area contributed by atoms with Crippen molar-refractivity contribution in [3.8, 4) is 0 Å². The summed E-state index contributed by atoms with van der Waals surface area (Å²) in [6.45, 7) is 10.5. The van der Waals surface area contributed by atoms with Crippen LogP contribution in [0.1, 0.15) is 39.0 Å². The van der Waals surface area contributed by atoms with Crippen molar-refractivity contribution in [1.29, 1.82) is 0 Å². The Kier molecular flexibility index (Phi) is 4.46. The summed E-state index contributed by atoms with van der Waals surface area (Å²) in [5.74, 6) is 0.927. The fourth-order valence-corrected chi connectivity index (χ4v) is 2.75. The number of hydrogen-bond acceptors (Lipinski definition) is 2. The maximum atomic E-state index is 5.97. The number of aryl methyl sites for hydroxylation is 1. The number of rotatable bonds is 3. The molecule has 0 aliphatic carbocycles. The van der Waals surface area contributed by atoms with Gasteiger partial charge in [0.1, 0.15) is 11.3 Å². The van der Waals surface area contributed by atoms with Gasteiger partial charge in [0.05, 0.1) is 0 Å². The Morgan fingerprint density at radius 2 is 1.76 bits per heavy atom. The molecule has 0 N–H and O–H groups in total. The van der Waals surface area contributed by atoms with Gasteiger partial charge in [0.15, 0.2) is 0 Å². The number of nitrogens with zero attached hydrogens (tertiary/aromatic N) is 1. The van der Waals surface area contributed by atoms with Gasteiger partial charge in [0.2, 0.25) is 0 Å². The Morgan fingerprint density at radius 1 is 1.10 bits per heavy atom. The lowest BCUT2D eigenvalue weighted by molar-refractivity contribution is 0.601. The Bertz CT molecular complexity index is 753. The molecule has 110 valence electrons. The molecule has 0 bridgehead atoms. The van der Waals surface area contributed by atoms with Gasteiger partial charge in [-0.15, -0.1) is 0 Å². The first-order chi connectivity index (χ1) is 9.95. The van der Waals surface area contributed by atoms with Crippen molar-refractivity contribution in [2.75, 3.05) is 7.05 Å². The van der Waals surface area contributed by atoms with Crippen molar-refractivity contribution in [3.63, 3.8) is 0 Å². The van der Waals surface area contributed by atoms with Crippen LogP contribution in [-0.2, 0) is 0 Å². The minimum Gasteiger partial charge on any atom is -0.456 e. The molecule has 1 aromatic carbocycles. The highest BCUT2D eigenvalue weighted by molar-refractivity contribution is 6.03. The summed E-state index contributed by atoms with van der Waals surface area (Å²) in [5.41, 5.74) is 6.83. The van der Waals surface area contributed by atoms with Crippen LogP contribution in [0, 0.1) is 6.92 Å². The van der Waals surface area contributed by atoms with E-state index in [0.29, 0.717) is 0 Å². The first-order valence-corrected chi connectivity index (χ1v) is 7.23. The number of allylic oxidation sites excluding steroid dienone is 3. The smallest absolute Gasteiger partial charge is 0.135 e. The molecule has 0 aliphatic rings. The van der Waals surface area contributed by atoms with E-state index in [1.54, 1.807) is 0 Å². The van der Waals surface area contributed by atoms with Crippen molar-refractivity contribution >= 4 is 22.8 Å². The van der Waals surface area contributed by atoms with Crippen LogP contribution >= 0.6 is 0 Å². The minimum absolute atomic E-state index is 0.927. The minimum atomic E-state index is 0.927. The van der Waals surface area contributed by atoms with E-state index >= 15 is 0 Å². The highest BCUT2D eigenvalue weighted by Gasteiger charge is 2.11. The monoisotopic (exact) mass is 281 g/mol. The molecule has 0 atom stereocenters. The molecule has 0 radical (unpaired) electrons. The van der Waals surface area contributed by atoms with Crippen LogP contribution in [0.5, 0.6) is 0 Å². The molecule has 0 fully saturated rings. The lowest BCUT2D eigenvalue weighted by Gasteiger charge is -2.10. The number of furan rings is 1. The summed E-state index contributed by atoms with van der Waals surface area (Å²) in [5, 5.41) is 1.18. The third-order valence-electron chi connectivity index (χ3n) is 3.82. The lowest BCUT2D eigenvalue weighted by atomic mass is 9.97. The Hall–Kier alpha value is -2.09. The first kappa shape index (κ1) is 15.3. The predicted octanol–water partition coefficient (Wildman–Crippen LogP) is 5.57. The second-order valence-electron chi connectivity index (χ2n) is 5.60. The Balaban J connectivity index is 2.55. The van der Waals surface area contributed by atoms with E-state index in [9.17, 15) is 0 Å². The molecule has 2 aromatic rings. The highest BCUT2D eigenvalue weighted by atomic mass is 16.3. The molecule has 21 heavy (non-hydrogen) atoms. The molecule has 0 spiro atoms. The van der Waals surface area contributed by atoms with Gasteiger partial charge in [-0.2, -0.15) is 0 Å². The zero-order valence-electron chi connectivity index (χ0n) is 13.7. The average Bonchev–Trinajstić information content (AvgIpc) is 2.75. The van der Waals surface area contributed by atoms with Crippen LogP contribution in [0.4, 0.5) is 0 Å². The van der Waals surface area contributed by atoms with Crippen LogP contribution in [0.25, 0.3) is 17.0 Å². The third kappa shape index (κ3) is 2.99. The van der Waals surface area contributed by atoms with Crippen LogP contribution in [0.3, 0.4) is 0 Å².